The number of nitrogens with zero attached hydrogens (tertiary/aromatic N) is 3. The normalized spacial score (nSPS) is 11.1. The number of benzene rings is 2. The molecule has 0 saturated heterocycles. The van der Waals surface area contributed by atoms with Crippen molar-refractivity contribution in [1.82, 2.24) is 14.3 Å². The summed E-state index contributed by atoms with van der Waals surface area (Å²) in [5.74, 6) is -1.51. The van der Waals surface area contributed by atoms with E-state index in [9.17, 15) is 19.5 Å². The summed E-state index contributed by atoms with van der Waals surface area (Å²) in [4.78, 5) is 36.8. The van der Waals surface area contributed by atoms with Gasteiger partial charge >= 0.3 is 5.97 Å². The molecule has 4 rings (SSSR count). The van der Waals surface area contributed by atoms with E-state index in [1.807, 2.05) is 60.2 Å². The van der Waals surface area contributed by atoms with Crippen LogP contribution in [0, 0.1) is 6.92 Å². The second-order valence-electron chi connectivity index (χ2n) is 7.86. The van der Waals surface area contributed by atoms with Crippen LogP contribution in [0.25, 0.3) is 6.08 Å². The number of hydrogen-bond donors (Lipinski definition) is 1. The van der Waals surface area contributed by atoms with Gasteiger partial charge in [0.05, 0.1) is 17.0 Å². The van der Waals surface area contributed by atoms with Crippen molar-refractivity contribution in [3.63, 3.8) is 0 Å². The standard InChI is InChI=1S/C27H23N3O4/c1-19-10-12-20(13-11-19)26(32)24-9-5-16-29(24)15-4-6-21-14-17-30(28-21)18-25(31)22-7-2-3-8-23(22)27(33)34/h2-14,16-17H,15,18H2,1H3,(H,33,34)/b6-4+. The van der Waals surface area contributed by atoms with Crippen LogP contribution in [0.1, 0.15) is 48.0 Å². The van der Waals surface area contributed by atoms with E-state index in [4.69, 9.17) is 0 Å². The molecule has 2 aromatic heterocycles. The largest absolute Gasteiger partial charge is 0.478 e. The summed E-state index contributed by atoms with van der Waals surface area (Å²) >= 11 is 0. The Morgan fingerprint density at radius 1 is 0.912 bits per heavy atom. The topological polar surface area (TPSA) is 94.2 Å². The molecule has 170 valence electrons. The minimum Gasteiger partial charge on any atom is -0.478 e. The highest BCUT2D eigenvalue weighted by Crippen LogP contribution is 2.13. The summed E-state index contributed by atoms with van der Waals surface area (Å²) < 4.78 is 3.34. The van der Waals surface area contributed by atoms with E-state index >= 15 is 0 Å². The maximum Gasteiger partial charge on any atom is 0.336 e. The molecule has 0 aliphatic rings. The number of aryl methyl sites for hydroxylation is 1. The number of carbonyl (C=O) groups excluding carboxylic acids is 2. The molecule has 0 unspecified atom stereocenters. The number of carbonyl (C=O) groups is 3. The molecule has 34 heavy (non-hydrogen) atoms. The van der Waals surface area contributed by atoms with Crippen LogP contribution in [0.2, 0.25) is 0 Å². The molecule has 0 saturated carbocycles. The van der Waals surface area contributed by atoms with Crippen LogP contribution in [-0.2, 0) is 13.1 Å². The molecule has 0 atom stereocenters. The number of rotatable bonds is 9. The average Bonchev–Trinajstić information content (AvgIpc) is 3.48. The van der Waals surface area contributed by atoms with Crippen molar-refractivity contribution in [2.45, 2.75) is 20.0 Å². The molecule has 7 heteroatoms. The smallest absolute Gasteiger partial charge is 0.336 e. The van der Waals surface area contributed by atoms with Crippen molar-refractivity contribution in [2.24, 2.45) is 0 Å². The van der Waals surface area contributed by atoms with Crippen molar-refractivity contribution in [1.29, 1.82) is 0 Å². The van der Waals surface area contributed by atoms with Crippen molar-refractivity contribution >= 4 is 23.6 Å². The van der Waals surface area contributed by atoms with Gasteiger partial charge in [0, 0.05) is 30.1 Å². The minimum absolute atomic E-state index is 0.0255. The minimum atomic E-state index is -1.14. The maximum absolute atomic E-state index is 12.8. The lowest BCUT2D eigenvalue weighted by Crippen LogP contribution is -2.15. The fourth-order valence-corrected chi connectivity index (χ4v) is 3.62. The van der Waals surface area contributed by atoms with Gasteiger partial charge < -0.3 is 9.67 Å². The molecule has 0 fully saturated rings. The summed E-state index contributed by atoms with van der Waals surface area (Å²) in [7, 11) is 0. The second kappa shape index (κ2) is 9.95. The zero-order valence-corrected chi connectivity index (χ0v) is 18.6. The molecule has 2 aromatic carbocycles. The lowest BCUT2D eigenvalue weighted by Gasteiger charge is -2.06. The lowest BCUT2D eigenvalue weighted by molar-refractivity contribution is 0.0691. The summed E-state index contributed by atoms with van der Waals surface area (Å²) in [6, 6.07) is 19.0. The Hall–Kier alpha value is -4.52. The van der Waals surface area contributed by atoms with Crippen LogP contribution in [-0.4, -0.2) is 37.0 Å². The fraction of sp³-hybridized carbons (Fsp3) is 0.111. The molecule has 0 amide bonds. The fourth-order valence-electron chi connectivity index (χ4n) is 3.62. The van der Waals surface area contributed by atoms with Crippen molar-refractivity contribution in [2.75, 3.05) is 0 Å². The Balaban J connectivity index is 1.41. The van der Waals surface area contributed by atoms with Crippen LogP contribution >= 0.6 is 0 Å². The quantitative estimate of drug-likeness (QED) is 0.376. The maximum atomic E-state index is 12.8. The number of ketones is 2. The zero-order valence-electron chi connectivity index (χ0n) is 18.6. The third kappa shape index (κ3) is 5.10. The van der Waals surface area contributed by atoms with E-state index in [1.165, 1.54) is 16.8 Å². The molecule has 4 aromatic rings. The van der Waals surface area contributed by atoms with Crippen LogP contribution in [0.3, 0.4) is 0 Å². The monoisotopic (exact) mass is 453 g/mol. The number of aromatic carboxylic acids is 1. The summed E-state index contributed by atoms with van der Waals surface area (Å²) in [5, 5.41) is 13.7. The first-order chi connectivity index (χ1) is 16.4. The van der Waals surface area contributed by atoms with E-state index in [-0.39, 0.29) is 29.2 Å². The van der Waals surface area contributed by atoms with E-state index in [2.05, 4.69) is 5.10 Å². The van der Waals surface area contributed by atoms with Crippen molar-refractivity contribution in [3.8, 4) is 0 Å². The van der Waals surface area contributed by atoms with E-state index in [0.717, 1.165) is 5.56 Å². The number of hydrogen-bond acceptors (Lipinski definition) is 4. The van der Waals surface area contributed by atoms with E-state index in [0.29, 0.717) is 23.5 Å². The van der Waals surface area contributed by atoms with E-state index in [1.54, 1.807) is 30.5 Å². The van der Waals surface area contributed by atoms with Crippen LogP contribution in [0.5, 0.6) is 0 Å². The van der Waals surface area contributed by atoms with E-state index < -0.39 is 5.97 Å². The van der Waals surface area contributed by atoms with Gasteiger partial charge in [-0.25, -0.2) is 4.79 Å². The average molecular weight is 453 g/mol. The van der Waals surface area contributed by atoms with Crippen LogP contribution in [0.4, 0.5) is 0 Å². The number of Topliss-reactive ketones (excluding diaryl/α,β-unsaturated/α-hetero) is 1. The second-order valence-corrected chi connectivity index (χ2v) is 7.86. The first-order valence-electron chi connectivity index (χ1n) is 10.7. The number of carboxylic acid groups (broad SMARTS) is 1. The Kier molecular flexibility index (Phi) is 6.64. The summed E-state index contributed by atoms with van der Waals surface area (Å²) in [5.41, 5.74) is 3.12. The highest BCUT2D eigenvalue weighted by molar-refractivity contribution is 6.08. The van der Waals surface area contributed by atoms with Gasteiger partial charge in [-0.15, -0.1) is 0 Å². The molecule has 0 bridgehead atoms. The van der Waals surface area contributed by atoms with Crippen LogP contribution < -0.4 is 0 Å². The van der Waals surface area contributed by atoms with Gasteiger partial charge in [0.1, 0.15) is 6.54 Å². The Morgan fingerprint density at radius 2 is 1.65 bits per heavy atom. The first-order valence-corrected chi connectivity index (χ1v) is 10.7. The number of allylic oxidation sites excluding steroid dienone is 1. The first kappa shape index (κ1) is 22.7. The van der Waals surface area contributed by atoms with Gasteiger partial charge in [0.2, 0.25) is 5.78 Å². The molecule has 1 N–H and O–H groups in total. The molecule has 0 radical (unpaired) electrons. The third-order valence-electron chi connectivity index (χ3n) is 5.39. The zero-order chi connectivity index (χ0) is 24.1. The van der Waals surface area contributed by atoms with Crippen LogP contribution in [0.15, 0.2) is 85.2 Å². The molecule has 7 nitrogen and oxygen atoms in total. The van der Waals surface area contributed by atoms with Gasteiger partial charge in [-0.1, -0.05) is 54.1 Å². The van der Waals surface area contributed by atoms with Crippen molar-refractivity contribution in [3.05, 3.63) is 119 Å². The summed E-state index contributed by atoms with van der Waals surface area (Å²) in [6.07, 6.45) is 7.22. The third-order valence-corrected chi connectivity index (χ3v) is 5.39. The lowest BCUT2D eigenvalue weighted by atomic mass is 10.0. The van der Waals surface area contributed by atoms with Gasteiger partial charge in [-0.05, 0) is 37.3 Å². The molecule has 0 aliphatic carbocycles. The van der Waals surface area contributed by atoms with Gasteiger partial charge in [-0.2, -0.15) is 5.10 Å². The molecular weight excluding hydrogens is 430 g/mol. The van der Waals surface area contributed by atoms with Gasteiger partial charge in [0.25, 0.3) is 0 Å². The van der Waals surface area contributed by atoms with Gasteiger partial charge in [-0.3, -0.25) is 14.3 Å². The Bertz CT molecular complexity index is 1380. The predicted molar refractivity (Wildman–Crippen MR) is 128 cm³/mol. The molecular formula is C27H23N3O4. The number of aromatic nitrogens is 3. The highest BCUT2D eigenvalue weighted by Gasteiger charge is 2.16. The summed E-state index contributed by atoms with van der Waals surface area (Å²) in [6.45, 7) is 2.40. The highest BCUT2D eigenvalue weighted by atomic mass is 16.4. The molecule has 0 aliphatic heterocycles. The molecule has 2 heterocycles. The Labute approximate surface area is 196 Å². The van der Waals surface area contributed by atoms with Gasteiger partial charge in [0.15, 0.2) is 5.78 Å². The Morgan fingerprint density at radius 3 is 2.38 bits per heavy atom. The molecule has 0 spiro atoms. The predicted octanol–water partition coefficient (Wildman–Crippen LogP) is 4.52. The number of carboxylic acids is 1. The van der Waals surface area contributed by atoms with Crippen molar-refractivity contribution < 1.29 is 19.5 Å². The SMILES string of the molecule is Cc1ccc(C(=O)c2cccn2C/C=C/c2ccn(CC(=O)c3ccccc3C(=O)O)n2)cc1.